The predicted octanol–water partition coefficient (Wildman–Crippen LogP) is 4.55. The molecule has 0 fully saturated rings. The van der Waals surface area contributed by atoms with E-state index in [4.69, 9.17) is 4.74 Å². The molecule has 0 aliphatic rings. The molecule has 0 spiro atoms. The van der Waals surface area contributed by atoms with Gasteiger partial charge in [-0.05, 0) is 58.5 Å². The van der Waals surface area contributed by atoms with Crippen molar-refractivity contribution in [2.45, 2.75) is 6.61 Å². The van der Waals surface area contributed by atoms with E-state index in [1.807, 2.05) is 18.2 Å². The molecule has 0 bridgehead atoms. The zero-order chi connectivity index (χ0) is 17.5. The van der Waals surface area contributed by atoms with Gasteiger partial charge in [-0.2, -0.15) is 8.78 Å². The fourth-order valence-corrected chi connectivity index (χ4v) is 2.41. The lowest BCUT2D eigenvalue weighted by molar-refractivity contribution is -0.111. The minimum atomic E-state index is -2.93. The lowest BCUT2D eigenvalue weighted by atomic mass is 10.2. The summed E-state index contributed by atoms with van der Waals surface area (Å²) in [7, 11) is 1.35. The highest BCUT2D eigenvalue weighted by Crippen LogP contribution is 2.29. The number of para-hydroxylation sites is 1. The Balaban J connectivity index is 2.08. The van der Waals surface area contributed by atoms with Gasteiger partial charge in [-0.25, -0.2) is 0 Å². The van der Waals surface area contributed by atoms with E-state index in [-0.39, 0.29) is 17.4 Å². The minimum Gasteiger partial charge on any atom is -0.493 e. The fraction of sp³-hybridized carbons (Fsp3) is 0.118. The number of anilines is 1. The molecule has 0 radical (unpaired) electrons. The maximum Gasteiger partial charge on any atom is 0.387 e. The number of carbonyl (C=O) groups is 1. The van der Waals surface area contributed by atoms with Crippen molar-refractivity contribution in [1.82, 2.24) is 0 Å². The van der Waals surface area contributed by atoms with Gasteiger partial charge in [-0.1, -0.05) is 18.2 Å². The van der Waals surface area contributed by atoms with Crippen molar-refractivity contribution in [3.05, 3.63) is 57.7 Å². The van der Waals surface area contributed by atoms with Gasteiger partial charge in [0.05, 0.1) is 12.8 Å². The number of ether oxygens (including phenoxy) is 2. The van der Waals surface area contributed by atoms with Gasteiger partial charge in [0.1, 0.15) is 0 Å². The number of halogens is 3. The first-order valence-electron chi connectivity index (χ1n) is 6.86. The zero-order valence-electron chi connectivity index (χ0n) is 12.6. The number of hydrogen-bond acceptors (Lipinski definition) is 3. The molecular weight excluding hydrogens is 431 g/mol. The second-order valence-corrected chi connectivity index (χ2v) is 5.75. The van der Waals surface area contributed by atoms with Crippen LogP contribution >= 0.6 is 22.6 Å². The number of carbonyl (C=O) groups excluding carboxylic acids is 1. The number of hydrogen-bond donors (Lipinski definition) is 1. The second kappa shape index (κ2) is 8.62. The molecule has 4 nitrogen and oxygen atoms in total. The van der Waals surface area contributed by atoms with Crippen LogP contribution in [0.2, 0.25) is 0 Å². The third kappa shape index (κ3) is 5.19. The largest absolute Gasteiger partial charge is 0.493 e. The molecule has 0 aliphatic carbocycles. The summed E-state index contributed by atoms with van der Waals surface area (Å²) in [6, 6.07) is 11.8. The smallest absolute Gasteiger partial charge is 0.387 e. The van der Waals surface area contributed by atoms with Crippen LogP contribution in [0.4, 0.5) is 14.5 Å². The highest BCUT2D eigenvalue weighted by atomic mass is 127. The van der Waals surface area contributed by atoms with Crippen molar-refractivity contribution in [2.75, 3.05) is 12.4 Å². The number of benzene rings is 2. The lowest BCUT2D eigenvalue weighted by Crippen LogP contribution is -2.08. The van der Waals surface area contributed by atoms with Crippen LogP contribution < -0.4 is 14.8 Å². The minimum absolute atomic E-state index is 0.0621. The molecule has 0 aromatic heterocycles. The summed E-state index contributed by atoms with van der Waals surface area (Å²) in [5.74, 6) is -0.200. The van der Waals surface area contributed by atoms with E-state index in [0.717, 1.165) is 3.57 Å². The molecule has 0 unspecified atom stereocenters. The maximum atomic E-state index is 12.3. The summed E-state index contributed by atoms with van der Waals surface area (Å²) in [6.45, 7) is -2.93. The molecule has 0 aliphatic heterocycles. The molecule has 0 saturated heterocycles. The molecule has 0 atom stereocenters. The normalized spacial score (nSPS) is 10.9. The molecule has 2 rings (SSSR count). The molecule has 2 aromatic carbocycles. The van der Waals surface area contributed by atoms with Crippen LogP contribution in [-0.2, 0) is 4.79 Å². The number of alkyl halides is 2. The van der Waals surface area contributed by atoms with Crippen molar-refractivity contribution in [3.63, 3.8) is 0 Å². The second-order valence-electron chi connectivity index (χ2n) is 4.59. The Kier molecular flexibility index (Phi) is 6.53. The van der Waals surface area contributed by atoms with Crippen LogP contribution in [0.5, 0.6) is 11.5 Å². The van der Waals surface area contributed by atoms with E-state index < -0.39 is 6.61 Å². The van der Waals surface area contributed by atoms with Gasteiger partial charge in [0, 0.05) is 9.65 Å². The van der Waals surface area contributed by atoms with E-state index in [1.54, 1.807) is 18.2 Å². The molecule has 2 aromatic rings. The van der Waals surface area contributed by atoms with Gasteiger partial charge in [0.25, 0.3) is 0 Å². The quantitative estimate of drug-likeness (QED) is 0.525. The third-order valence-electron chi connectivity index (χ3n) is 2.96. The molecule has 0 heterocycles. The van der Waals surface area contributed by atoms with Crippen molar-refractivity contribution in [3.8, 4) is 11.5 Å². The van der Waals surface area contributed by atoms with Crippen molar-refractivity contribution < 1.29 is 23.0 Å². The standard InChI is InChI=1S/C17H14F2INO3/c1-23-15-10-11(6-8-14(15)24-17(18)19)7-9-16(22)21-13-5-3-2-4-12(13)20/h2-10,17H,1H3,(H,21,22)/b9-7+. The van der Waals surface area contributed by atoms with Crippen LogP contribution in [0.15, 0.2) is 48.5 Å². The summed E-state index contributed by atoms with van der Waals surface area (Å²) in [6.07, 6.45) is 2.91. The van der Waals surface area contributed by atoms with E-state index in [1.165, 1.54) is 25.3 Å². The Hall–Kier alpha value is -2.16. The summed E-state index contributed by atoms with van der Waals surface area (Å²) in [4.78, 5) is 11.9. The molecule has 7 heteroatoms. The van der Waals surface area contributed by atoms with Crippen LogP contribution in [0, 0.1) is 3.57 Å². The summed E-state index contributed by atoms with van der Waals surface area (Å²) >= 11 is 2.13. The van der Waals surface area contributed by atoms with Gasteiger partial charge >= 0.3 is 6.61 Å². The van der Waals surface area contributed by atoms with Crippen molar-refractivity contribution >= 4 is 40.3 Å². The molecule has 0 saturated carbocycles. The van der Waals surface area contributed by atoms with Gasteiger partial charge in [-0.15, -0.1) is 0 Å². The molecule has 1 N–H and O–H groups in total. The number of rotatable bonds is 6. The van der Waals surface area contributed by atoms with Crippen molar-refractivity contribution in [2.24, 2.45) is 0 Å². The lowest BCUT2D eigenvalue weighted by Gasteiger charge is -2.10. The molecule has 126 valence electrons. The topological polar surface area (TPSA) is 47.6 Å². The third-order valence-corrected chi connectivity index (χ3v) is 3.90. The van der Waals surface area contributed by atoms with E-state index in [2.05, 4.69) is 32.6 Å². The van der Waals surface area contributed by atoms with Crippen LogP contribution in [0.25, 0.3) is 6.08 Å². The average molecular weight is 445 g/mol. The Labute approximate surface area is 151 Å². The number of nitrogens with one attached hydrogen (secondary N) is 1. The van der Waals surface area contributed by atoms with Gasteiger partial charge < -0.3 is 14.8 Å². The molecule has 1 amide bonds. The Morgan fingerprint density at radius 2 is 1.96 bits per heavy atom. The SMILES string of the molecule is COc1cc(/C=C/C(=O)Nc2ccccc2I)ccc1OC(F)F. The maximum absolute atomic E-state index is 12.3. The highest BCUT2D eigenvalue weighted by Gasteiger charge is 2.10. The first-order valence-corrected chi connectivity index (χ1v) is 7.94. The van der Waals surface area contributed by atoms with E-state index in [0.29, 0.717) is 11.3 Å². The first-order chi connectivity index (χ1) is 11.5. The number of methoxy groups -OCH3 is 1. The predicted molar refractivity (Wildman–Crippen MR) is 96.4 cm³/mol. The summed E-state index contributed by atoms with van der Waals surface area (Å²) in [5.41, 5.74) is 1.33. The summed E-state index contributed by atoms with van der Waals surface area (Å²) in [5, 5.41) is 2.76. The van der Waals surface area contributed by atoms with Gasteiger partial charge in [-0.3, -0.25) is 4.79 Å². The van der Waals surface area contributed by atoms with E-state index in [9.17, 15) is 13.6 Å². The summed E-state index contributed by atoms with van der Waals surface area (Å²) < 4.78 is 34.9. The molecular formula is C17H14F2INO3. The van der Waals surface area contributed by atoms with Crippen LogP contribution in [-0.4, -0.2) is 19.6 Å². The number of amides is 1. The Bertz CT molecular complexity index is 750. The fourth-order valence-electron chi connectivity index (χ4n) is 1.89. The molecule has 24 heavy (non-hydrogen) atoms. The average Bonchev–Trinajstić information content (AvgIpc) is 2.55. The Morgan fingerprint density at radius 1 is 1.21 bits per heavy atom. The highest BCUT2D eigenvalue weighted by molar-refractivity contribution is 14.1. The zero-order valence-corrected chi connectivity index (χ0v) is 14.8. The monoisotopic (exact) mass is 445 g/mol. The van der Waals surface area contributed by atoms with Crippen molar-refractivity contribution in [1.29, 1.82) is 0 Å². The Morgan fingerprint density at radius 3 is 2.62 bits per heavy atom. The van der Waals surface area contributed by atoms with Crippen LogP contribution in [0.1, 0.15) is 5.56 Å². The first kappa shape index (κ1) is 18.2. The van der Waals surface area contributed by atoms with Gasteiger partial charge in [0.2, 0.25) is 5.91 Å². The van der Waals surface area contributed by atoms with Gasteiger partial charge in [0.15, 0.2) is 11.5 Å². The van der Waals surface area contributed by atoms with E-state index >= 15 is 0 Å². The van der Waals surface area contributed by atoms with Crippen LogP contribution in [0.3, 0.4) is 0 Å².